The normalized spacial score (nSPS) is 16.2. The Hall–Kier alpha value is -3.26. The van der Waals surface area contributed by atoms with Gasteiger partial charge in [0, 0.05) is 24.2 Å². The maximum atomic E-state index is 14.9. The summed E-state index contributed by atoms with van der Waals surface area (Å²) in [4.78, 5) is 28.7. The van der Waals surface area contributed by atoms with Crippen molar-refractivity contribution >= 4 is 38.4 Å². The Labute approximate surface area is 181 Å². The number of rotatable bonds is 5. The van der Waals surface area contributed by atoms with Crippen LogP contribution in [0, 0.1) is 5.82 Å². The second-order valence-corrected chi connectivity index (χ2v) is 8.61. The van der Waals surface area contributed by atoms with Gasteiger partial charge in [-0.25, -0.2) is 14.2 Å². The average molecular weight is 437 g/mol. The van der Waals surface area contributed by atoms with Crippen LogP contribution in [0.25, 0.3) is 26.4 Å². The summed E-state index contributed by atoms with van der Waals surface area (Å²) in [7, 11) is 0. The van der Waals surface area contributed by atoms with Crippen molar-refractivity contribution in [1.29, 1.82) is 0 Å². The second-order valence-electron chi connectivity index (χ2n) is 7.61. The van der Waals surface area contributed by atoms with Gasteiger partial charge < -0.3 is 10.1 Å². The molecule has 1 fully saturated rings. The highest BCUT2D eigenvalue weighted by molar-refractivity contribution is 7.23. The molecule has 8 heteroatoms. The standard InChI is InChI=1S/C23H20FN3O3S/c1-2-30-22(29)14-4-7-19-20(11-14)31-23-26-18(12-27(19)23)16-6-3-13(10-17(16)24)9-15-5-8-21(28)25-15/h3-4,6-7,10-12,15H,2,5,8-9H2,1H3,(H,25,28). The van der Waals surface area contributed by atoms with Crippen LogP contribution in [-0.2, 0) is 16.0 Å². The van der Waals surface area contributed by atoms with Crippen LogP contribution in [0.4, 0.5) is 4.39 Å². The number of ether oxygens (including phenoxy) is 1. The van der Waals surface area contributed by atoms with E-state index in [0.717, 1.165) is 27.2 Å². The minimum Gasteiger partial charge on any atom is -0.462 e. The SMILES string of the molecule is CCOC(=O)c1ccc2c(c1)sc1nc(-c3ccc(CC4CCC(=O)N4)cc3F)cn12. The van der Waals surface area contributed by atoms with Gasteiger partial charge in [0.2, 0.25) is 5.91 Å². The molecule has 31 heavy (non-hydrogen) atoms. The Morgan fingerprint density at radius 2 is 2.19 bits per heavy atom. The van der Waals surface area contributed by atoms with Gasteiger partial charge in [0.15, 0.2) is 4.96 Å². The lowest BCUT2D eigenvalue weighted by Crippen LogP contribution is -2.27. The number of imidazole rings is 1. The van der Waals surface area contributed by atoms with Gasteiger partial charge in [0.05, 0.1) is 28.1 Å². The van der Waals surface area contributed by atoms with E-state index in [9.17, 15) is 14.0 Å². The summed E-state index contributed by atoms with van der Waals surface area (Å²) < 4.78 is 22.7. The molecule has 0 radical (unpaired) electrons. The molecule has 3 heterocycles. The molecule has 0 saturated carbocycles. The molecule has 158 valence electrons. The molecule has 1 unspecified atom stereocenters. The minimum atomic E-state index is -0.351. The number of halogens is 1. The minimum absolute atomic E-state index is 0.0572. The fourth-order valence-electron chi connectivity index (χ4n) is 3.98. The van der Waals surface area contributed by atoms with Crippen LogP contribution >= 0.6 is 11.3 Å². The first-order valence-corrected chi connectivity index (χ1v) is 11.0. The van der Waals surface area contributed by atoms with Crippen molar-refractivity contribution in [2.24, 2.45) is 0 Å². The van der Waals surface area contributed by atoms with Crippen molar-refractivity contribution in [2.75, 3.05) is 6.61 Å². The number of fused-ring (bicyclic) bond motifs is 3. The number of nitrogens with zero attached hydrogens (tertiary/aromatic N) is 2. The number of carbonyl (C=O) groups excluding carboxylic acids is 2. The zero-order valence-electron chi connectivity index (χ0n) is 16.9. The van der Waals surface area contributed by atoms with E-state index in [0.29, 0.717) is 36.3 Å². The number of aromatic nitrogens is 2. The summed E-state index contributed by atoms with van der Waals surface area (Å²) in [5, 5.41) is 2.91. The smallest absolute Gasteiger partial charge is 0.338 e. The van der Waals surface area contributed by atoms with Crippen LogP contribution in [0.2, 0.25) is 0 Å². The molecule has 6 nitrogen and oxygen atoms in total. The van der Waals surface area contributed by atoms with Crippen molar-refractivity contribution in [3.63, 3.8) is 0 Å². The van der Waals surface area contributed by atoms with Crippen LogP contribution in [0.3, 0.4) is 0 Å². The lowest BCUT2D eigenvalue weighted by atomic mass is 10.0. The lowest BCUT2D eigenvalue weighted by Gasteiger charge is -2.10. The highest BCUT2D eigenvalue weighted by Gasteiger charge is 2.21. The predicted octanol–water partition coefficient (Wildman–Crippen LogP) is 4.35. The van der Waals surface area contributed by atoms with Gasteiger partial charge in [-0.2, -0.15) is 0 Å². The molecule has 1 atom stereocenters. The van der Waals surface area contributed by atoms with Gasteiger partial charge in [-0.3, -0.25) is 9.20 Å². The van der Waals surface area contributed by atoms with Crippen molar-refractivity contribution in [1.82, 2.24) is 14.7 Å². The van der Waals surface area contributed by atoms with Crippen LogP contribution < -0.4 is 5.32 Å². The fourth-order valence-corrected chi connectivity index (χ4v) is 5.03. The molecule has 1 saturated heterocycles. The summed E-state index contributed by atoms with van der Waals surface area (Å²) in [5.74, 6) is -0.626. The van der Waals surface area contributed by atoms with E-state index >= 15 is 0 Å². The van der Waals surface area contributed by atoms with Crippen LogP contribution in [0.15, 0.2) is 42.6 Å². The Morgan fingerprint density at radius 1 is 1.32 bits per heavy atom. The molecule has 0 aliphatic carbocycles. The summed E-state index contributed by atoms with van der Waals surface area (Å²) >= 11 is 1.44. The van der Waals surface area contributed by atoms with Crippen molar-refractivity contribution < 1.29 is 18.7 Å². The average Bonchev–Trinajstić information content (AvgIpc) is 3.42. The highest BCUT2D eigenvalue weighted by Crippen LogP contribution is 2.31. The van der Waals surface area contributed by atoms with Gasteiger partial charge in [0.25, 0.3) is 0 Å². The molecule has 4 aromatic rings. The zero-order chi connectivity index (χ0) is 21.5. The molecule has 0 bridgehead atoms. The molecule has 2 aromatic heterocycles. The Balaban J connectivity index is 1.43. The summed E-state index contributed by atoms with van der Waals surface area (Å²) in [6.45, 7) is 2.10. The molecule has 5 rings (SSSR count). The van der Waals surface area contributed by atoms with Crippen molar-refractivity contribution in [3.8, 4) is 11.3 Å². The maximum absolute atomic E-state index is 14.9. The van der Waals surface area contributed by atoms with E-state index in [1.807, 2.05) is 22.7 Å². The first kappa shape index (κ1) is 19.7. The first-order valence-electron chi connectivity index (χ1n) is 10.2. The van der Waals surface area contributed by atoms with Crippen LogP contribution in [0.5, 0.6) is 0 Å². The summed E-state index contributed by atoms with van der Waals surface area (Å²) in [5.41, 5.74) is 3.25. The number of esters is 1. The first-order chi connectivity index (χ1) is 15.0. The Bertz CT molecular complexity index is 1330. The van der Waals surface area contributed by atoms with E-state index in [4.69, 9.17) is 4.74 Å². The van der Waals surface area contributed by atoms with E-state index in [1.54, 1.807) is 25.1 Å². The predicted molar refractivity (Wildman–Crippen MR) is 117 cm³/mol. The maximum Gasteiger partial charge on any atom is 0.338 e. The molecule has 1 aliphatic rings. The fraction of sp³-hybridized carbons (Fsp3) is 0.261. The van der Waals surface area contributed by atoms with Gasteiger partial charge in [-0.15, -0.1) is 0 Å². The van der Waals surface area contributed by atoms with E-state index in [-0.39, 0.29) is 23.7 Å². The third kappa shape index (κ3) is 3.67. The molecule has 0 spiro atoms. The van der Waals surface area contributed by atoms with E-state index < -0.39 is 0 Å². The van der Waals surface area contributed by atoms with Crippen molar-refractivity contribution in [2.45, 2.75) is 32.2 Å². The number of thiazole rings is 1. The molecular weight excluding hydrogens is 417 g/mol. The second kappa shape index (κ2) is 7.77. The number of hydrogen-bond acceptors (Lipinski definition) is 5. The van der Waals surface area contributed by atoms with Crippen molar-refractivity contribution in [3.05, 3.63) is 59.5 Å². The molecule has 1 amide bonds. The van der Waals surface area contributed by atoms with Crippen LogP contribution in [0.1, 0.15) is 35.7 Å². The summed E-state index contributed by atoms with van der Waals surface area (Å²) in [6, 6.07) is 10.6. The van der Waals surface area contributed by atoms with E-state index in [2.05, 4.69) is 10.3 Å². The molecule has 2 aromatic carbocycles. The number of nitrogens with one attached hydrogen (secondary N) is 1. The van der Waals surface area contributed by atoms with Gasteiger partial charge in [0.1, 0.15) is 5.82 Å². The quantitative estimate of drug-likeness (QED) is 0.471. The van der Waals surface area contributed by atoms with Gasteiger partial charge in [-0.1, -0.05) is 17.4 Å². The zero-order valence-corrected chi connectivity index (χ0v) is 17.7. The van der Waals surface area contributed by atoms with Crippen LogP contribution in [-0.4, -0.2) is 33.9 Å². The monoisotopic (exact) mass is 437 g/mol. The number of carbonyl (C=O) groups is 2. The molecule has 1 N–H and O–H groups in total. The third-order valence-corrected chi connectivity index (χ3v) is 6.50. The van der Waals surface area contributed by atoms with E-state index in [1.165, 1.54) is 17.4 Å². The number of hydrogen-bond donors (Lipinski definition) is 1. The lowest BCUT2D eigenvalue weighted by molar-refractivity contribution is -0.119. The van der Waals surface area contributed by atoms with Gasteiger partial charge >= 0.3 is 5.97 Å². The number of benzene rings is 2. The topological polar surface area (TPSA) is 72.7 Å². The Kier molecular flexibility index (Phi) is 4.94. The number of amides is 1. The molecule has 1 aliphatic heterocycles. The summed E-state index contributed by atoms with van der Waals surface area (Å²) in [6.07, 6.45) is 3.75. The highest BCUT2D eigenvalue weighted by atomic mass is 32.1. The Morgan fingerprint density at radius 3 is 2.94 bits per heavy atom. The van der Waals surface area contributed by atoms with Gasteiger partial charge in [-0.05, 0) is 55.7 Å². The third-order valence-electron chi connectivity index (χ3n) is 5.48. The largest absolute Gasteiger partial charge is 0.462 e. The molecular formula is C23H20FN3O3S.